The second-order valence-corrected chi connectivity index (χ2v) is 10.3. The number of hydrogen-bond donors (Lipinski definition) is 0. The van der Waals surface area contributed by atoms with E-state index < -0.39 is 5.92 Å². The van der Waals surface area contributed by atoms with Gasteiger partial charge in [0.25, 0.3) is 5.92 Å². The van der Waals surface area contributed by atoms with E-state index in [-0.39, 0.29) is 12.8 Å². The number of hydrogen-bond acceptors (Lipinski definition) is 2. The quantitative estimate of drug-likeness (QED) is 0.469. The summed E-state index contributed by atoms with van der Waals surface area (Å²) >= 11 is 0. The number of nitrogens with zero attached hydrogens (tertiary/aromatic N) is 2. The predicted molar refractivity (Wildman–Crippen MR) is 130 cm³/mol. The second kappa shape index (κ2) is 7.12. The van der Waals surface area contributed by atoms with Crippen LogP contribution in [0.25, 0.3) is 16.6 Å². The van der Waals surface area contributed by atoms with Crippen molar-refractivity contribution in [2.45, 2.75) is 71.3 Å². The number of allylic oxidation sites excluding steroid dienone is 4. The smallest absolute Gasteiger partial charge is 0.256 e. The lowest BCUT2D eigenvalue weighted by atomic mass is 9.83. The summed E-state index contributed by atoms with van der Waals surface area (Å²) < 4.78 is 28.6. The van der Waals surface area contributed by atoms with Crippen LogP contribution in [0.5, 0.6) is 0 Å². The van der Waals surface area contributed by atoms with Gasteiger partial charge in [0.05, 0.1) is 23.5 Å². The average molecular weight is 445 g/mol. The van der Waals surface area contributed by atoms with Gasteiger partial charge in [0.15, 0.2) is 0 Å². The largest absolute Gasteiger partial charge is 0.335 e. The first kappa shape index (κ1) is 20.8. The molecular formula is C29H30F2N2. The molecule has 0 fully saturated rings. The molecule has 2 aliphatic heterocycles. The third-order valence-corrected chi connectivity index (χ3v) is 7.93. The number of aryl methyl sites for hydroxylation is 2. The van der Waals surface area contributed by atoms with Crippen LogP contribution in [0.15, 0.2) is 48.2 Å². The van der Waals surface area contributed by atoms with Crippen LogP contribution in [0, 0.1) is 5.92 Å². The molecule has 0 unspecified atom stereocenters. The minimum absolute atomic E-state index is 0.119. The molecular weight excluding hydrogens is 414 g/mol. The zero-order valence-corrected chi connectivity index (χ0v) is 19.5. The fraction of sp³-hybridized carbons (Fsp3) is 0.414. The maximum atomic E-state index is 14.3. The molecule has 4 heteroatoms. The summed E-state index contributed by atoms with van der Waals surface area (Å²) in [6, 6.07) is 1.96. The van der Waals surface area contributed by atoms with Gasteiger partial charge in [0, 0.05) is 29.5 Å². The monoisotopic (exact) mass is 444 g/mol. The number of rotatable bonds is 4. The minimum atomic E-state index is -2.63. The first-order valence-corrected chi connectivity index (χ1v) is 12.2. The van der Waals surface area contributed by atoms with Crippen LogP contribution in [0.4, 0.5) is 8.78 Å². The van der Waals surface area contributed by atoms with E-state index in [0.29, 0.717) is 5.92 Å². The Hall–Kier alpha value is -2.75. The molecule has 2 aromatic rings. The highest BCUT2D eigenvalue weighted by Gasteiger charge is 2.41. The Labute approximate surface area is 194 Å². The van der Waals surface area contributed by atoms with Crippen LogP contribution < -0.4 is 0 Å². The van der Waals surface area contributed by atoms with Crippen molar-refractivity contribution in [3.63, 3.8) is 0 Å². The van der Waals surface area contributed by atoms with Crippen molar-refractivity contribution in [2.24, 2.45) is 5.92 Å². The molecule has 2 aliphatic carbocycles. The van der Waals surface area contributed by atoms with Gasteiger partial charge in [-0.1, -0.05) is 26.5 Å². The van der Waals surface area contributed by atoms with Gasteiger partial charge in [0.1, 0.15) is 0 Å². The molecule has 0 atom stereocenters. The summed E-state index contributed by atoms with van der Waals surface area (Å²) in [4.78, 5) is 7.48. The molecule has 6 rings (SSSR count). The molecule has 0 spiro atoms. The number of alkyl halides is 2. The maximum Gasteiger partial charge on any atom is 0.256 e. The molecule has 0 saturated carbocycles. The van der Waals surface area contributed by atoms with Crippen molar-refractivity contribution < 1.29 is 8.78 Å². The van der Waals surface area contributed by atoms with Gasteiger partial charge in [-0.25, -0.2) is 13.8 Å². The van der Waals surface area contributed by atoms with E-state index in [9.17, 15) is 8.78 Å². The lowest BCUT2D eigenvalue weighted by Gasteiger charge is -2.32. The zero-order valence-electron chi connectivity index (χ0n) is 19.5. The first-order valence-electron chi connectivity index (χ1n) is 12.2. The van der Waals surface area contributed by atoms with E-state index in [1.807, 2.05) is 12.1 Å². The van der Waals surface area contributed by atoms with Crippen molar-refractivity contribution in [1.29, 1.82) is 0 Å². The number of benzene rings is 1. The van der Waals surface area contributed by atoms with E-state index in [2.05, 4.69) is 38.0 Å². The second-order valence-electron chi connectivity index (χ2n) is 10.3. The third kappa shape index (κ3) is 2.99. The highest BCUT2D eigenvalue weighted by Crippen LogP contribution is 2.49. The highest BCUT2D eigenvalue weighted by atomic mass is 19.3. The summed E-state index contributed by atoms with van der Waals surface area (Å²) in [7, 11) is 0. The third-order valence-electron chi connectivity index (χ3n) is 7.93. The van der Waals surface area contributed by atoms with Crippen LogP contribution in [-0.4, -0.2) is 15.8 Å². The van der Waals surface area contributed by atoms with Crippen LogP contribution in [0.1, 0.15) is 66.6 Å². The van der Waals surface area contributed by atoms with Crippen LogP contribution in [0.2, 0.25) is 0 Å². The summed E-state index contributed by atoms with van der Waals surface area (Å²) in [5.41, 5.74) is 12.2. The van der Waals surface area contributed by atoms with Gasteiger partial charge in [-0.15, -0.1) is 6.58 Å². The Morgan fingerprint density at radius 2 is 1.91 bits per heavy atom. The zero-order chi connectivity index (χ0) is 23.1. The van der Waals surface area contributed by atoms with Crippen molar-refractivity contribution >= 4 is 16.6 Å². The van der Waals surface area contributed by atoms with Crippen LogP contribution in [0.3, 0.4) is 0 Å². The Balaban J connectivity index is 1.56. The molecule has 4 aliphatic rings. The first-order chi connectivity index (χ1) is 15.8. The maximum absolute atomic E-state index is 14.3. The molecule has 0 N–H and O–H groups in total. The average Bonchev–Trinajstić information content (AvgIpc) is 3.29. The fourth-order valence-electron chi connectivity index (χ4n) is 6.46. The van der Waals surface area contributed by atoms with Crippen LogP contribution in [-0.2, 0) is 32.2 Å². The lowest BCUT2D eigenvalue weighted by molar-refractivity contribution is 0.0129. The number of aromatic nitrogens is 1. The Morgan fingerprint density at radius 1 is 1.15 bits per heavy atom. The summed E-state index contributed by atoms with van der Waals surface area (Å²) in [6.45, 7) is 13.6. The Kier molecular flexibility index (Phi) is 4.50. The fourth-order valence-corrected chi connectivity index (χ4v) is 6.46. The molecule has 0 radical (unpaired) electrons. The van der Waals surface area contributed by atoms with Gasteiger partial charge in [-0.2, -0.15) is 0 Å². The van der Waals surface area contributed by atoms with Crippen molar-refractivity contribution in [3.05, 3.63) is 81.7 Å². The molecule has 33 heavy (non-hydrogen) atoms. The molecule has 1 aromatic carbocycles. The van der Waals surface area contributed by atoms with Crippen molar-refractivity contribution in [2.75, 3.05) is 0 Å². The molecule has 0 bridgehead atoms. The summed E-state index contributed by atoms with van der Waals surface area (Å²) in [5.74, 6) is -2.24. The van der Waals surface area contributed by atoms with Gasteiger partial charge in [-0.05, 0) is 83.6 Å². The number of halogens is 2. The van der Waals surface area contributed by atoms with Gasteiger partial charge in [0.2, 0.25) is 0 Å². The number of pyridine rings is 1. The molecule has 3 heterocycles. The van der Waals surface area contributed by atoms with Gasteiger partial charge >= 0.3 is 0 Å². The van der Waals surface area contributed by atoms with Crippen molar-refractivity contribution in [1.82, 2.24) is 9.88 Å². The Bertz CT molecular complexity index is 1310. The van der Waals surface area contributed by atoms with E-state index in [4.69, 9.17) is 4.98 Å². The number of fused-ring (bicyclic) bond motifs is 6. The van der Waals surface area contributed by atoms with E-state index in [1.54, 1.807) is 0 Å². The van der Waals surface area contributed by atoms with Gasteiger partial charge in [-0.3, -0.25) is 0 Å². The standard InChI is InChI=1S/C29H30F2N2/c1-5-6-8-19-17(4)33-15-24-21-10-7-9-20-23-14-29(30,31)13-18(23)11-25(27(20)21)32-28(24)26(33)12-22(19)16(2)3/h5,11-12,16H,1,4,6-10,13-15H2,2-3H3. The Morgan fingerprint density at radius 3 is 2.64 bits per heavy atom. The molecule has 0 saturated heterocycles. The molecule has 0 amide bonds. The molecule has 170 valence electrons. The minimum Gasteiger partial charge on any atom is -0.335 e. The van der Waals surface area contributed by atoms with Crippen molar-refractivity contribution in [3.8, 4) is 0 Å². The van der Waals surface area contributed by atoms with E-state index in [1.165, 1.54) is 22.3 Å². The summed E-state index contributed by atoms with van der Waals surface area (Å²) in [6.07, 6.45) is 8.77. The topological polar surface area (TPSA) is 16.1 Å². The van der Waals surface area contributed by atoms with Crippen LogP contribution >= 0.6 is 0 Å². The summed E-state index contributed by atoms with van der Waals surface area (Å²) in [5, 5.41) is 1.16. The normalized spacial score (nSPS) is 20.3. The van der Waals surface area contributed by atoms with E-state index >= 15 is 0 Å². The SMILES string of the molecule is C=CCCC1=C(C(C)C)C=C2c3nc4cc5c(c6c4c(c3CN2C1=C)CCC6)CC(F)(F)C5. The lowest BCUT2D eigenvalue weighted by Crippen LogP contribution is -2.21. The van der Waals surface area contributed by atoms with E-state index in [0.717, 1.165) is 83.3 Å². The molecule has 2 nitrogen and oxygen atoms in total. The highest BCUT2D eigenvalue weighted by molar-refractivity contribution is 5.93. The molecule has 1 aromatic heterocycles. The predicted octanol–water partition coefficient (Wildman–Crippen LogP) is 7.06. The van der Waals surface area contributed by atoms with Gasteiger partial charge < -0.3 is 4.90 Å².